The van der Waals surface area contributed by atoms with E-state index in [9.17, 15) is 17.2 Å². The molecule has 3 aromatic rings. The van der Waals surface area contributed by atoms with Crippen molar-refractivity contribution in [1.82, 2.24) is 10.2 Å². The molecule has 1 aliphatic rings. The van der Waals surface area contributed by atoms with Gasteiger partial charge in [0.1, 0.15) is 16.5 Å². The molecule has 2 aromatic carbocycles. The van der Waals surface area contributed by atoms with Gasteiger partial charge in [-0.1, -0.05) is 19.1 Å². The van der Waals surface area contributed by atoms with Gasteiger partial charge in [-0.05, 0) is 55.2 Å². The van der Waals surface area contributed by atoms with Gasteiger partial charge in [-0.3, -0.25) is 4.72 Å². The molecular weight excluding hydrogens is 422 g/mol. The third-order valence-electron chi connectivity index (χ3n) is 5.37. The van der Waals surface area contributed by atoms with Gasteiger partial charge in [0.2, 0.25) is 0 Å². The zero-order valence-electron chi connectivity index (χ0n) is 16.9. The molecule has 1 N–H and O–H groups in total. The SMILES string of the molecule is CC1CCN(c2ccc(-c3ccc(NS(=O)(=O)c4ccc(F)cc4F)cc3)nn2)CC1. The minimum atomic E-state index is -4.19. The molecule has 0 saturated carbocycles. The van der Waals surface area contributed by atoms with E-state index >= 15 is 0 Å². The van der Waals surface area contributed by atoms with Gasteiger partial charge in [-0.15, -0.1) is 10.2 Å². The minimum Gasteiger partial charge on any atom is -0.355 e. The van der Waals surface area contributed by atoms with Gasteiger partial charge >= 0.3 is 0 Å². The van der Waals surface area contributed by atoms with Crippen molar-refractivity contribution >= 4 is 21.5 Å². The van der Waals surface area contributed by atoms with Crippen molar-refractivity contribution in [3.8, 4) is 11.3 Å². The average Bonchev–Trinajstić information content (AvgIpc) is 2.74. The highest BCUT2D eigenvalue weighted by atomic mass is 32.2. The third kappa shape index (κ3) is 4.82. The van der Waals surface area contributed by atoms with Crippen LogP contribution in [0.25, 0.3) is 11.3 Å². The summed E-state index contributed by atoms with van der Waals surface area (Å²) in [6.45, 7) is 4.20. The number of halogens is 2. The van der Waals surface area contributed by atoms with Crippen LogP contribution in [0.5, 0.6) is 0 Å². The van der Waals surface area contributed by atoms with Crippen LogP contribution in [0.3, 0.4) is 0 Å². The van der Waals surface area contributed by atoms with Crippen LogP contribution in [0, 0.1) is 17.6 Å². The van der Waals surface area contributed by atoms with E-state index in [1.54, 1.807) is 24.3 Å². The van der Waals surface area contributed by atoms with E-state index in [-0.39, 0.29) is 5.69 Å². The van der Waals surface area contributed by atoms with Crippen LogP contribution in [0.4, 0.5) is 20.3 Å². The smallest absolute Gasteiger partial charge is 0.264 e. The fraction of sp³-hybridized carbons (Fsp3) is 0.273. The molecule has 4 rings (SSSR count). The normalized spacial score (nSPS) is 15.1. The number of nitrogens with zero attached hydrogens (tertiary/aromatic N) is 3. The fourth-order valence-corrected chi connectivity index (χ4v) is 4.62. The molecule has 2 heterocycles. The monoisotopic (exact) mass is 444 g/mol. The number of aromatic nitrogens is 2. The second kappa shape index (κ2) is 8.58. The number of benzene rings is 2. The van der Waals surface area contributed by atoms with Gasteiger partial charge < -0.3 is 4.90 Å². The van der Waals surface area contributed by atoms with Gasteiger partial charge in [-0.25, -0.2) is 17.2 Å². The Labute approximate surface area is 180 Å². The van der Waals surface area contributed by atoms with Crippen molar-refractivity contribution in [3.63, 3.8) is 0 Å². The molecule has 1 fully saturated rings. The first-order valence-electron chi connectivity index (χ1n) is 9.99. The van der Waals surface area contributed by atoms with Crippen LogP contribution in [0.15, 0.2) is 59.5 Å². The molecule has 9 heteroatoms. The number of nitrogens with one attached hydrogen (secondary N) is 1. The Kier molecular flexibility index (Phi) is 5.86. The second-order valence-corrected chi connectivity index (χ2v) is 9.35. The van der Waals surface area contributed by atoms with Crippen molar-refractivity contribution in [3.05, 3.63) is 66.2 Å². The van der Waals surface area contributed by atoms with E-state index in [0.29, 0.717) is 11.8 Å². The van der Waals surface area contributed by atoms with E-state index in [4.69, 9.17) is 0 Å². The van der Waals surface area contributed by atoms with Crippen LogP contribution in [-0.4, -0.2) is 31.7 Å². The van der Waals surface area contributed by atoms with Gasteiger partial charge in [0.15, 0.2) is 5.82 Å². The van der Waals surface area contributed by atoms with Crippen molar-refractivity contribution in [2.24, 2.45) is 5.92 Å². The lowest BCUT2D eigenvalue weighted by Gasteiger charge is -2.30. The summed E-state index contributed by atoms with van der Waals surface area (Å²) < 4.78 is 54.0. The largest absolute Gasteiger partial charge is 0.355 e. The molecule has 162 valence electrons. The van der Waals surface area contributed by atoms with Crippen molar-refractivity contribution in [1.29, 1.82) is 0 Å². The Balaban J connectivity index is 1.47. The summed E-state index contributed by atoms with van der Waals surface area (Å²) in [7, 11) is -4.19. The molecule has 0 unspecified atom stereocenters. The first-order chi connectivity index (χ1) is 14.8. The molecule has 0 spiro atoms. The number of rotatable bonds is 5. The second-order valence-electron chi connectivity index (χ2n) is 7.70. The van der Waals surface area contributed by atoms with E-state index in [1.165, 1.54) is 0 Å². The summed E-state index contributed by atoms with van der Waals surface area (Å²) in [4.78, 5) is 1.61. The molecular formula is C22H22F2N4O2S. The number of piperidine rings is 1. The zero-order chi connectivity index (χ0) is 22.0. The Morgan fingerprint density at radius 1 is 0.968 bits per heavy atom. The highest BCUT2D eigenvalue weighted by Crippen LogP contribution is 2.25. The van der Waals surface area contributed by atoms with Gasteiger partial charge in [-0.2, -0.15) is 0 Å². The predicted octanol–water partition coefficient (Wildman–Crippen LogP) is 4.46. The van der Waals surface area contributed by atoms with E-state index in [1.807, 2.05) is 12.1 Å². The molecule has 0 bridgehead atoms. The predicted molar refractivity (Wildman–Crippen MR) is 115 cm³/mol. The summed E-state index contributed by atoms with van der Waals surface area (Å²) in [6, 6.07) is 12.6. The first-order valence-corrected chi connectivity index (χ1v) is 11.5. The summed E-state index contributed by atoms with van der Waals surface area (Å²) >= 11 is 0. The maximum atomic E-state index is 13.8. The number of hydrogen-bond donors (Lipinski definition) is 1. The van der Waals surface area contributed by atoms with Crippen LogP contribution in [-0.2, 0) is 10.0 Å². The Morgan fingerprint density at radius 2 is 1.68 bits per heavy atom. The average molecular weight is 445 g/mol. The standard InChI is InChI=1S/C22H22F2N4O2S/c1-15-10-12-28(13-11-15)22-9-7-20(25-26-22)16-2-5-18(6-3-16)27-31(29,30)21-8-4-17(23)14-19(21)24/h2-9,14-15,27H,10-13H2,1H3. The highest BCUT2D eigenvalue weighted by Gasteiger charge is 2.20. The summed E-state index contributed by atoms with van der Waals surface area (Å²) in [5.41, 5.74) is 1.68. The Hall–Kier alpha value is -3.07. The number of anilines is 2. The first kappa shape index (κ1) is 21.2. The fourth-order valence-electron chi connectivity index (χ4n) is 3.50. The Morgan fingerprint density at radius 3 is 2.29 bits per heavy atom. The highest BCUT2D eigenvalue weighted by molar-refractivity contribution is 7.92. The molecule has 0 aliphatic carbocycles. The van der Waals surface area contributed by atoms with Crippen molar-refractivity contribution < 1.29 is 17.2 Å². The molecule has 0 radical (unpaired) electrons. The minimum absolute atomic E-state index is 0.250. The quantitative estimate of drug-likeness (QED) is 0.629. The summed E-state index contributed by atoms with van der Waals surface area (Å²) in [5.74, 6) is -0.411. The Bertz CT molecular complexity index is 1160. The summed E-state index contributed by atoms with van der Waals surface area (Å²) in [6.07, 6.45) is 2.28. The van der Waals surface area contributed by atoms with E-state index in [2.05, 4.69) is 26.7 Å². The molecule has 1 aromatic heterocycles. The third-order valence-corrected chi connectivity index (χ3v) is 6.79. The van der Waals surface area contributed by atoms with Crippen LogP contribution < -0.4 is 9.62 Å². The maximum Gasteiger partial charge on any atom is 0.264 e. The lowest BCUT2D eigenvalue weighted by atomic mass is 9.99. The summed E-state index contributed by atoms with van der Waals surface area (Å²) in [5, 5.41) is 8.63. The molecule has 6 nitrogen and oxygen atoms in total. The van der Waals surface area contributed by atoms with Crippen molar-refractivity contribution in [2.75, 3.05) is 22.7 Å². The topological polar surface area (TPSA) is 75.2 Å². The van der Waals surface area contributed by atoms with E-state index in [0.717, 1.165) is 55.4 Å². The molecule has 31 heavy (non-hydrogen) atoms. The maximum absolute atomic E-state index is 13.8. The lowest BCUT2D eigenvalue weighted by Crippen LogP contribution is -2.33. The van der Waals surface area contributed by atoms with Crippen molar-refractivity contribution in [2.45, 2.75) is 24.7 Å². The van der Waals surface area contributed by atoms with Gasteiger partial charge in [0, 0.05) is 30.4 Å². The van der Waals surface area contributed by atoms with Crippen LogP contribution in [0.1, 0.15) is 19.8 Å². The number of hydrogen-bond acceptors (Lipinski definition) is 5. The molecule has 0 atom stereocenters. The molecule has 0 amide bonds. The lowest BCUT2D eigenvalue weighted by molar-refractivity contribution is 0.436. The van der Waals surface area contributed by atoms with E-state index < -0.39 is 26.6 Å². The van der Waals surface area contributed by atoms with Gasteiger partial charge in [0.05, 0.1) is 5.69 Å². The molecule has 1 saturated heterocycles. The van der Waals surface area contributed by atoms with Gasteiger partial charge in [0.25, 0.3) is 10.0 Å². The van der Waals surface area contributed by atoms with Crippen LogP contribution in [0.2, 0.25) is 0 Å². The number of sulfonamides is 1. The molecule has 1 aliphatic heterocycles. The zero-order valence-corrected chi connectivity index (χ0v) is 17.7. The van der Waals surface area contributed by atoms with Crippen LogP contribution >= 0.6 is 0 Å².